The highest BCUT2D eigenvalue weighted by Crippen LogP contribution is 2.18. The molecule has 0 aliphatic heterocycles. The van der Waals surface area contributed by atoms with Gasteiger partial charge >= 0.3 is 0 Å². The Balaban J connectivity index is 2.01. The van der Waals surface area contributed by atoms with Crippen LogP contribution in [0.4, 0.5) is 0 Å². The Kier molecular flexibility index (Phi) is 5.17. The summed E-state index contributed by atoms with van der Waals surface area (Å²) in [6.07, 6.45) is -0.488. The number of carbonyl (C=O) groups is 1. The summed E-state index contributed by atoms with van der Waals surface area (Å²) >= 11 is 0. The maximum Gasteiger partial charge on any atom is 0.256 e. The van der Waals surface area contributed by atoms with Crippen molar-refractivity contribution in [2.75, 3.05) is 7.05 Å². The van der Waals surface area contributed by atoms with Gasteiger partial charge in [-0.1, -0.05) is 42.5 Å². The van der Waals surface area contributed by atoms with Crippen LogP contribution in [-0.4, -0.2) is 34.1 Å². The quantitative estimate of drug-likeness (QED) is 0.892. The van der Waals surface area contributed by atoms with Gasteiger partial charge in [-0.05, 0) is 36.6 Å². The van der Waals surface area contributed by atoms with Gasteiger partial charge < -0.3 is 15.1 Å². The topological polar surface area (TPSA) is 60.8 Å². The van der Waals surface area contributed by atoms with E-state index in [4.69, 9.17) is 0 Å². The van der Waals surface area contributed by atoms with Gasteiger partial charge in [0.25, 0.3) is 5.91 Å². The molecule has 0 heterocycles. The van der Waals surface area contributed by atoms with Gasteiger partial charge in [0.2, 0.25) is 0 Å². The summed E-state index contributed by atoms with van der Waals surface area (Å²) in [5, 5.41) is 19.5. The number of aliphatic hydroxyl groups is 1. The normalized spacial score (nSPS) is 13.4. The van der Waals surface area contributed by atoms with E-state index in [1.54, 1.807) is 48.3 Å². The molecule has 2 unspecified atom stereocenters. The average molecular weight is 299 g/mol. The second-order valence-corrected chi connectivity index (χ2v) is 5.48. The number of amides is 1. The molecule has 4 nitrogen and oxygen atoms in total. The van der Waals surface area contributed by atoms with Crippen molar-refractivity contribution in [1.29, 1.82) is 0 Å². The molecule has 2 rings (SSSR count). The minimum Gasteiger partial charge on any atom is -0.508 e. The zero-order valence-corrected chi connectivity index (χ0v) is 12.8. The number of hydrogen-bond donors (Lipinski definition) is 2. The first-order valence-corrected chi connectivity index (χ1v) is 7.26. The van der Waals surface area contributed by atoms with Gasteiger partial charge in [-0.15, -0.1) is 0 Å². The number of phenols is 1. The lowest BCUT2D eigenvalue weighted by atomic mass is 10.0. The molecule has 116 valence electrons. The van der Waals surface area contributed by atoms with Crippen LogP contribution in [0.3, 0.4) is 0 Å². The van der Waals surface area contributed by atoms with Crippen LogP contribution in [-0.2, 0) is 11.2 Å². The molecule has 0 radical (unpaired) electrons. The maximum absolute atomic E-state index is 12.4. The predicted octanol–water partition coefficient (Wildman–Crippen LogP) is 2.52. The summed E-state index contributed by atoms with van der Waals surface area (Å²) in [5.41, 5.74) is 1.62. The number of phenolic OH excluding ortho intramolecular Hbond substituents is 1. The number of likely N-dealkylation sites (N-methyl/N-ethyl adjacent to an activating group) is 1. The van der Waals surface area contributed by atoms with Gasteiger partial charge in [0, 0.05) is 13.1 Å². The zero-order chi connectivity index (χ0) is 16.1. The zero-order valence-electron chi connectivity index (χ0n) is 12.8. The first-order chi connectivity index (χ1) is 10.5. The summed E-state index contributed by atoms with van der Waals surface area (Å²) in [6.45, 7) is 1.93. The SMILES string of the molecule is CC(Cc1ccc(O)cc1)N(C)C(=O)C(O)c1ccccc1. The molecule has 0 fully saturated rings. The van der Waals surface area contributed by atoms with Gasteiger partial charge in [0.1, 0.15) is 5.75 Å². The van der Waals surface area contributed by atoms with E-state index in [1.807, 2.05) is 25.1 Å². The molecule has 0 saturated carbocycles. The fourth-order valence-corrected chi connectivity index (χ4v) is 2.30. The van der Waals surface area contributed by atoms with E-state index < -0.39 is 6.10 Å². The third kappa shape index (κ3) is 3.86. The third-order valence-electron chi connectivity index (χ3n) is 3.83. The lowest BCUT2D eigenvalue weighted by Crippen LogP contribution is -2.39. The van der Waals surface area contributed by atoms with E-state index in [1.165, 1.54) is 0 Å². The van der Waals surface area contributed by atoms with Gasteiger partial charge in [0.15, 0.2) is 6.10 Å². The number of nitrogens with zero attached hydrogens (tertiary/aromatic N) is 1. The van der Waals surface area contributed by atoms with Crippen LogP contribution >= 0.6 is 0 Å². The van der Waals surface area contributed by atoms with Crippen LogP contribution in [0.5, 0.6) is 5.75 Å². The van der Waals surface area contributed by atoms with E-state index in [0.29, 0.717) is 12.0 Å². The summed E-state index contributed by atoms with van der Waals surface area (Å²) in [5.74, 6) is -0.0992. The largest absolute Gasteiger partial charge is 0.508 e. The van der Waals surface area contributed by atoms with Gasteiger partial charge in [0.05, 0.1) is 0 Å². The molecule has 0 saturated heterocycles. The number of rotatable bonds is 5. The van der Waals surface area contributed by atoms with Crippen LogP contribution < -0.4 is 0 Å². The molecular formula is C18H21NO3. The highest BCUT2D eigenvalue weighted by atomic mass is 16.3. The van der Waals surface area contributed by atoms with E-state index >= 15 is 0 Å². The van der Waals surface area contributed by atoms with Gasteiger partial charge in [-0.25, -0.2) is 0 Å². The summed E-state index contributed by atoms with van der Waals surface area (Å²) in [6, 6.07) is 15.8. The molecule has 1 amide bonds. The second-order valence-electron chi connectivity index (χ2n) is 5.48. The molecular weight excluding hydrogens is 278 g/mol. The minimum atomic E-state index is -1.14. The minimum absolute atomic E-state index is 0.0598. The fraction of sp³-hybridized carbons (Fsp3) is 0.278. The number of aliphatic hydroxyl groups excluding tert-OH is 1. The molecule has 0 aliphatic carbocycles. The maximum atomic E-state index is 12.4. The monoisotopic (exact) mass is 299 g/mol. The predicted molar refractivity (Wildman–Crippen MR) is 85.4 cm³/mol. The lowest BCUT2D eigenvalue weighted by Gasteiger charge is -2.27. The van der Waals surface area contributed by atoms with Crippen molar-refractivity contribution in [3.8, 4) is 5.75 Å². The number of benzene rings is 2. The van der Waals surface area contributed by atoms with Crippen molar-refractivity contribution in [3.63, 3.8) is 0 Å². The van der Waals surface area contributed by atoms with Crippen molar-refractivity contribution < 1.29 is 15.0 Å². The third-order valence-corrected chi connectivity index (χ3v) is 3.83. The van der Waals surface area contributed by atoms with Crippen LogP contribution in [0.15, 0.2) is 54.6 Å². The van der Waals surface area contributed by atoms with Crippen molar-refractivity contribution >= 4 is 5.91 Å². The van der Waals surface area contributed by atoms with Crippen molar-refractivity contribution in [1.82, 2.24) is 4.90 Å². The molecule has 4 heteroatoms. The summed E-state index contributed by atoms with van der Waals surface area (Å²) < 4.78 is 0. The second kappa shape index (κ2) is 7.09. The summed E-state index contributed by atoms with van der Waals surface area (Å²) in [7, 11) is 1.69. The number of carbonyl (C=O) groups excluding carboxylic acids is 1. The smallest absolute Gasteiger partial charge is 0.256 e. The Morgan fingerprint density at radius 2 is 1.68 bits per heavy atom. The van der Waals surface area contributed by atoms with Crippen LogP contribution in [0.2, 0.25) is 0 Å². The average Bonchev–Trinajstić information content (AvgIpc) is 2.55. The Morgan fingerprint density at radius 1 is 1.09 bits per heavy atom. The van der Waals surface area contributed by atoms with Crippen LogP contribution in [0.25, 0.3) is 0 Å². The molecule has 2 N–H and O–H groups in total. The van der Waals surface area contributed by atoms with Crippen molar-refractivity contribution in [2.45, 2.75) is 25.5 Å². The first-order valence-electron chi connectivity index (χ1n) is 7.26. The molecule has 2 aromatic carbocycles. The lowest BCUT2D eigenvalue weighted by molar-refractivity contribution is -0.141. The Hall–Kier alpha value is -2.33. The summed E-state index contributed by atoms with van der Waals surface area (Å²) in [4.78, 5) is 13.9. The standard InChI is InChI=1S/C18H21NO3/c1-13(12-14-8-10-16(20)11-9-14)19(2)18(22)17(21)15-6-4-3-5-7-15/h3-11,13,17,20-21H,12H2,1-2H3. The Bertz CT molecular complexity index is 610. The number of aromatic hydroxyl groups is 1. The molecule has 2 atom stereocenters. The molecule has 2 aromatic rings. The van der Waals surface area contributed by atoms with Crippen molar-refractivity contribution in [3.05, 3.63) is 65.7 Å². The van der Waals surface area contributed by atoms with Crippen LogP contribution in [0.1, 0.15) is 24.2 Å². The van der Waals surface area contributed by atoms with E-state index in [0.717, 1.165) is 5.56 Å². The Labute approximate surface area is 130 Å². The van der Waals surface area contributed by atoms with E-state index in [2.05, 4.69) is 0 Å². The fourth-order valence-electron chi connectivity index (χ4n) is 2.30. The molecule has 0 bridgehead atoms. The van der Waals surface area contributed by atoms with E-state index in [9.17, 15) is 15.0 Å². The molecule has 0 aromatic heterocycles. The van der Waals surface area contributed by atoms with Gasteiger partial charge in [-0.3, -0.25) is 4.79 Å². The molecule has 0 aliphatic rings. The van der Waals surface area contributed by atoms with E-state index in [-0.39, 0.29) is 17.7 Å². The van der Waals surface area contributed by atoms with Gasteiger partial charge in [-0.2, -0.15) is 0 Å². The molecule has 22 heavy (non-hydrogen) atoms. The first kappa shape index (κ1) is 16.0. The molecule has 0 spiro atoms. The Morgan fingerprint density at radius 3 is 2.27 bits per heavy atom. The van der Waals surface area contributed by atoms with Crippen LogP contribution in [0, 0.1) is 0 Å². The highest BCUT2D eigenvalue weighted by molar-refractivity contribution is 5.82. The van der Waals surface area contributed by atoms with Crippen molar-refractivity contribution in [2.24, 2.45) is 0 Å². The number of hydrogen-bond acceptors (Lipinski definition) is 3. The highest BCUT2D eigenvalue weighted by Gasteiger charge is 2.24.